The van der Waals surface area contributed by atoms with Crippen molar-refractivity contribution >= 4 is 33.9 Å². The van der Waals surface area contributed by atoms with Crippen LogP contribution in [-0.2, 0) is 25.2 Å². The highest BCUT2D eigenvalue weighted by molar-refractivity contribution is 9.10. The van der Waals surface area contributed by atoms with Crippen molar-refractivity contribution in [2.45, 2.75) is 25.8 Å². The van der Waals surface area contributed by atoms with Crippen LogP contribution >= 0.6 is 15.9 Å². The molecule has 2 rings (SSSR count). The third-order valence-corrected chi connectivity index (χ3v) is 3.69. The quantitative estimate of drug-likeness (QED) is 0.313. The number of hydrogen-bond donors (Lipinski definition) is 0. The molecule has 4 nitrogen and oxygen atoms in total. The van der Waals surface area contributed by atoms with Crippen LogP contribution in [0.5, 0.6) is 0 Å². The minimum Gasteiger partial charge on any atom is -0.419 e. The number of halogens is 5. The summed E-state index contributed by atoms with van der Waals surface area (Å²) in [6, 6.07) is 1.13. The number of esters is 2. The Hall–Kier alpha value is -1.90. The summed E-state index contributed by atoms with van der Waals surface area (Å²) >= 11 is 2.65. The van der Waals surface area contributed by atoms with Gasteiger partial charge in [0.15, 0.2) is 0 Å². The van der Waals surface area contributed by atoms with E-state index in [-0.39, 0.29) is 0 Å². The second kappa shape index (κ2) is 5.63. The van der Waals surface area contributed by atoms with Crippen LogP contribution in [-0.4, -0.2) is 17.7 Å². The average Bonchev–Trinajstić information content (AvgIpc) is 2.33. The lowest BCUT2D eigenvalue weighted by molar-refractivity contribution is -0.222. The lowest BCUT2D eigenvalue weighted by Gasteiger charge is -2.29. The van der Waals surface area contributed by atoms with E-state index in [1.54, 1.807) is 0 Å². The summed E-state index contributed by atoms with van der Waals surface area (Å²) in [5, 5.41) is 0. The van der Waals surface area contributed by atoms with Gasteiger partial charge in [0.1, 0.15) is 11.4 Å². The molecule has 1 aromatic rings. The number of cyclic esters (lactones) is 2. The summed E-state index contributed by atoms with van der Waals surface area (Å²) in [5.74, 6) is -4.79. The molecule has 0 aliphatic carbocycles. The van der Waals surface area contributed by atoms with Gasteiger partial charge in [-0.05, 0) is 34.1 Å². The molecule has 1 aromatic carbocycles. The Bertz CT molecular complexity index is 700. The molecule has 23 heavy (non-hydrogen) atoms. The summed E-state index contributed by atoms with van der Waals surface area (Å²) in [6.45, 7) is 2.61. The van der Waals surface area contributed by atoms with E-state index >= 15 is 0 Å². The minimum atomic E-state index is -4.74. The normalized spacial score (nSPS) is 17.6. The smallest absolute Gasteiger partial charge is 0.417 e. The lowest BCUT2D eigenvalue weighted by atomic mass is 10.1. The lowest BCUT2D eigenvalue weighted by Crippen LogP contribution is -2.41. The third kappa shape index (κ3) is 3.54. The van der Waals surface area contributed by atoms with Gasteiger partial charge in [-0.25, -0.2) is 14.0 Å². The summed E-state index contributed by atoms with van der Waals surface area (Å²) in [7, 11) is 0. The van der Waals surface area contributed by atoms with Crippen molar-refractivity contribution in [3.05, 3.63) is 39.1 Å². The van der Waals surface area contributed by atoms with Gasteiger partial charge in [0.25, 0.3) is 5.79 Å². The van der Waals surface area contributed by atoms with E-state index in [0.717, 1.165) is 0 Å². The molecule has 1 saturated heterocycles. The first kappa shape index (κ1) is 17.5. The van der Waals surface area contributed by atoms with Crippen molar-refractivity contribution in [2.24, 2.45) is 0 Å². The fraction of sp³-hybridized carbons (Fsp3) is 0.286. The molecule has 1 aliphatic heterocycles. The number of carbonyl (C=O) groups excluding carboxylic acids is 2. The zero-order chi connectivity index (χ0) is 17.6. The molecule has 0 aromatic heterocycles. The number of alkyl halides is 3. The largest absolute Gasteiger partial charge is 0.419 e. The predicted molar refractivity (Wildman–Crippen MR) is 73.3 cm³/mol. The SMILES string of the molecule is CC1(C)OC(=O)C(=Cc2c(F)ccc(C(F)(F)F)c2Br)C(=O)O1. The van der Waals surface area contributed by atoms with Crippen LogP contribution < -0.4 is 0 Å². The van der Waals surface area contributed by atoms with Gasteiger partial charge >= 0.3 is 18.1 Å². The molecule has 0 radical (unpaired) electrons. The zero-order valence-electron chi connectivity index (χ0n) is 11.8. The van der Waals surface area contributed by atoms with Gasteiger partial charge in [-0.15, -0.1) is 0 Å². The van der Waals surface area contributed by atoms with Crippen LogP contribution in [0.3, 0.4) is 0 Å². The third-order valence-electron chi connectivity index (χ3n) is 2.84. The molecule has 0 amide bonds. The van der Waals surface area contributed by atoms with E-state index in [9.17, 15) is 27.2 Å². The highest BCUT2D eigenvalue weighted by Gasteiger charge is 2.40. The Kier molecular flexibility index (Phi) is 4.27. The Balaban J connectivity index is 2.55. The highest BCUT2D eigenvalue weighted by Crippen LogP contribution is 2.38. The Morgan fingerprint density at radius 1 is 1.13 bits per heavy atom. The number of carbonyl (C=O) groups is 2. The molecular weight excluding hydrogens is 388 g/mol. The van der Waals surface area contributed by atoms with Gasteiger partial charge in [0.2, 0.25) is 0 Å². The van der Waals surface area contributed by atoms with Crippen LogP contribution in [0.4, 0.5) is 17.6 Å². The Morgan fingerprint density at radius 3 is 2.13 bits per heavy atom. The topological polar surface area (TPSA) is 52.6 Å². The average molecular weight is 397 g/mol. The van der Waals surface area contributed by atoms with Crippen LogP contribution in [0.2, 0.25) is 0 Å². The molecule has 1 fully saturated rings. The van der Waals surface area contributed by atoms with E-state index < -0.39 is 50.9 Å². The summed E-state index contributed by atoms with van der Waals surface area (Å²) in [4.78, 5) is 23.6. The first-order valence-corrected chi connectivity index (χ1v) is 6.95. The number of benzene rings is 1. The maximum absolute atomic E-state index is 13.8. The number of hydrogen-bond acceptors (Lipinski definition) is 4. The summed E-state index contributed by atoms with van der Waals surface area (Å²) in [6.07, 6.45) is -4.08. The maximum Gasteiger partial charge on any atom is 0.417 e. The Morgan fingerprint density at radius 2 is 1.65 bits per heavy atom. The van der Waals surface area contributed by atoms with Gasteiger partial charge in [-0.3, -0.25) is 0 Å². The van der Waals surface area contributed by atoms with Crippen molar-refractivity contribution in [1.29, 1.82) is 0 Å². The standard InChI is InChI=1S/C14H9BrF4O4/c1-13(2)22-11(20)7(12(21)23-13)5-6-9(16)4-3-8(10(6)15)14(17,18)19/h3-5H,1-2H3. The van der Waals surface area contributed by atoms with Gasteiger partial charge < -0.3 is 9.47 Å². The molecule has 0 atom stereocenters. The first-order chi connectivity index (χ1) is 10.4. The van der Waals surface area contributed by atoms with E-state index in [2.05, 4.69) is 15.9 Å². The molecule has 0 bridgehead atoms. The van der Waals surface area contributed by atoms with Crippen LogP contribution in [0, 0.1) is 5.82 Å². The first-order valence-electron chi connectivity index (χ1n) is 6.16. The minimum absolute atomic E-state index is 0.544. The van der Waals surface area contributed by atoms with Gasteiger partial charge in [-0.1, -0.05) is 0 Å². The van der Waals surface area contributed by atoms with E-state index in [1.807, 2.05) is 0 Å². The van der Waals surface area contributed by atoms with Crippen molar-refractivity contribution in [3.63, 3.8) is 0 Å². The maximum atomic E-state index is 13.8. The fourth-order valence-electron chi connectivity index (χ4n) is 1.84. The molecule has 124 valence electrons. The molecule has 0 N–H and O–H groups in total. The molecule has 0 unspecified atom stereocenters. The van der Waals surface area contributed by atoms with E-state index in [1.165, 1.54) is 13.8 Å². The van der Waals surface area contributed by atoms with Crippen molar-refractivity contribution < 1.29 is 36.6 Å². The zero-order valence-corrected chi connectivity index (χ0v) is 13.3. The van der Waals surface area contributed by atoms with Gasteiger partial charge in [0.05, 0.1) is 5.56 Å². The van der Waals surface area contributed by atoms with E-state index in [4.69, 9.17) is 9.47 Å². The molecule has 0 spiro atoms. The van der Waals surface area contributed by atoms with Crippen molar-refractivity contribution in [2.75, 3.05) is 0 Å². The van der Waals surface area contributed by atoms with Crippen molar-refractivity contribution in [1.82, 2.24) is 0 Å². The summed E-state index contributed by atoms with van der Waals surface area (Å²) in [5.41, 5.74) is -2.46. The predicted octanol–water partition coefficient (Wildman–Crippen LogP) is 3.83. The van der Waals surface area contributed by atoms with E-state index in [0.29, 0.717) is 18.2 Å². The van der Waals surface area contributed by atoms with Gasteiger partial charge in [-0.2, -0.15) is 13.2 Å². The monoisotopic (exact) mass is 396 g/mol. The van der Waals surface area contributed by atoms with Crippen LogP contribution in [0.25, 0.3) is 6.08 Å². The number of rotatable bonds is 1. The van der Waals surface area contributed by atoms with Gasteiger partial charge in [0, 0.05) is 23.9 Å². The fourth-order valence-corrected chi connectivity index (χ4v) is 2.50. The van der Waals surface area contributed by atoms with Crippen LogP contribution in [0.15, 0.2) is 22.2 Å². The molecule has 9 heteroatoms. The molecule has 1 aliphatic rings. The van der Waals surface area contributed by atoms with Crippen LogP contribution in [0.1, 0.15) is 25.0 Å². The highest BCUT2D eigenvalue weighted by atomic mass is 79.9. The van der Waals surface area contributed by atoms with Crippen molar-refractivity contribution in [3.8, 4) is 0 Å². The second-order valence-corrected chi connectivity index (χ2v) is 5.85. The molecule has 0 saturated carbocycles. The summed E-state index contributed by atoms with van der Waals surface area (Å²) < 4.78 is 61.3. The Labute approximate surface area is 136 Å². The number of ether oxygens (including phenoxy) is 2. The molecular formula is C14H9BrF4O4. The molecule has 1 heterocycles. The second-order valence-electron chi connectivity index (χ2n) is 5.06.